The van der Waals surface area contributed by atoms with Gasteiger partial charge in [0.2, 0.25) is 0 Å². The average molecular weight is 414 g/mol. The first kappa shape index (κ1) is 18.8. The van der Waals surface area contributed by atoms with Crippen LogP contribution in [0.2, 0.25) is 5.02 Å². The summed E-state index contributed by atoms with van der Waals surface area (Å²) in [7, 11) is 0. The van der Waals surface area contributed by atoms with E-state index < -0.39 is 11.8 Å². The summed E-state index contributed by atoms with van der Waals surface area (Å²) in [5, 5.41) is 0.578. The molecule has 2 aromatic carbocycles. The molecule has 2 heterocycles. The summed E-state index contributed by atoms with van der Waals surface area (Å²) >= 11 is 6.28. The number of rotatable bonds is 3. The molecule has 2 aromatic heterocycles. The highest BCUT2D eigenvalue weighted by Crippen LogP contribution is 2.43. The van der Waals surface area contributed by atoms with E-state index in [0.29, 0.717) is 10.6 Å². The number of ketones is 2. The van der Waals surface area contributed by atoms with Crippen LogP contribution in [0.4, 0.5) is 0 Å². The molecule has 0 radical (unpaired) electrons. The van der Waals surface area contributed by atoms with Gasteiger partial charge in [-0.25, -0.2) is 0 Å². The molecular weight excluding hydrogens is 394 g/mol. The molecule has 4 aromatic rings. The topological polar surface area (TPSA) is 38.5 Å². The van der Waals surface area contributed by atoms with Gasteiger partial charge in [0.1, 0.15) is 11.7 Å². The van der Waals surface area contributed by atoms with Gasteiger partial charge in [0.25, 0.3) is 0 Å². The lowest BCUT2D eigenvalue weighted by Gasteiger charge is -2.14. The Balaban J connectivity index is 1.65. The van der Waals surface area contributed by atoms with E-state index in [9.17, 15) is 9.59 Å². The fourth-order valence-electron chi connectivity index (χ4n) is 4.50. The number of benzene rings is 2. The predicted molar refractivity (Wildman–Crippen MR) is 119 cm³/mol. The van der Waals surface area contributed by atoms with E-state index in [1.54, 1.807) is 6.07 Å². The Morgan fingerprint density at radius 1 is 0.933 bits per heavy atom. The molecule has 2 atom stereocenters. The standard InChI is InChI=1S/C26H20ClNO2/c1-16-10-11-18(13-22(16)27)24-23(29)15-21(26(24)30)25-20(17-7-3-2-4-8-17)14-19-9-5-6-12-28(19)25/h2-14,21,24H,15H2,1H3/t21-,24+/m0/s1. The van der Waals surface area contributed by atoms with E-state index in [1.807, 2.05) is 78.2 Å². The Morgan fingerprint density at radius 3 is 2.47 bits per heavy atom. The van der Waals surface area contributed by atoms with Gasteiger partial charge in [0, 0.05) is 34.4 Å². The lowest BCUT2D eigenvalue weighted by atomic mass is 9.91. The summed E-state index contributed by atoms with van der Waals surface area (Å²) in [5.41, 5.74) is 5.54. The van der Waals surface area contributed by atoms with Crippen LogP contribution in [0.5, 0.6) is 0 Å². The van der Waals surface area contributed by atoms with Crippen LogP contribution in [0.1, 0.15) is 35.1 Å². The summed E-state index contributed by atoms with van der Waals surface area (Å²) in [6.45, 7) is 1.91. The van der Waals surface area contributed by atoms with Crippen LogP contribution in [-0.2, 0) is 9.59 Å². The van der Waals surface area contributed by atoms with Crippen LogP contribution in [0.3, 0.4) is 0 Å². The highest BCUT2D eigenvalue weighted by Gasteiger charge is 2.44. The Labute approximate surface area is 179 Å². The van der Waals surface area contributed by atoms with Crippen molar-refractivity contribution in [3.63, 3.8) is 0 Å². The van der Waals surface area contributed by atoms with Gasteiger partial charge < -0.3 is 4.40 Å². The molecule has 0 amide bonds. The highest BCUT2D eigenvalue weighted by atomic mass is 35.5. The molecule has 0 aliphatic heterocycles. The van der Waals surface area contributed by atoms with Crippen LogP contribution in [0.15, 0.2) is 79.0 Å². The molecular formula is C26H20ClNO2. The minimum absolute atomic E-state index is 0.0465. The Morgan fingerprint density at radius 2 is 1.70 bits per heavy atom. The molecule has 5 rings (SSSR count). The maximum Gasteiger partial charge on any atom is 0.157 e. The molecule has 0 saturated heterocycles. The van der Waals surface area contributed by atoms with Gasteiger partial charge >= 0.3 is 0 Å². The summed E-state index contributed by atoms with van der Waals surface area (Å²) < 4.78 is 2.04. The molecule has 0 N–H and O–H groups in total. The number of hydrogen-bond acceptors (Lipinski definition) is 2. The van der Waals surface area contributed by atoms with Gasteiger partial charge in [-0.1, -0.05) is 60.1 Å². The number of nitrogens with zero attached hydrogens (tertiary/aromatic N) is 1. The van der Waals surface area contributed by atoms with Gasteiger partial charge in [-0.05, 0) is 47.9 Å². The Kier molecular flexibility index (Phi) is 4.56. The van der Waals surface area contributed by atoms with Crippen LogP contribution < -0.4 is 0 Å². The fourth-order valence-corrected chi connectivity index (χ4v) is 4.69. The van der Waals surface area contributed by atoms with Crippen LogP contribution >= 0.6 is 11.6 Å². The largest absolute Gasteiger partial charge is 0.320 e. The fraction of sp³-hybridized carbons (Fsp3) is 0.154. The lowest BCUT2D eigenvalue weighted by Crippen LogP contribution is -2.16. The van der Waals surface area contributed by atoms with E-state index >= 15 is 0 Å². The molecule has 1 saturated carbocycles. The number of halogens is 1. The zero-order valence-corrected chi connectivity index (χ0v) is 17.3. The maximum atomic E-state index is 13.6. The molecule has 1 aliphatic rings. The summed E-state index contributed by atoms with van der Waals surface area (Å²) in [6, 6.07) is 23.5. The first-order valence-electron chi connectivity index (χ1n) is 10.0. The van der Waals surface area contributed by atoms with Gasteiger partial charge in [-0.3, -0.25) is 9.59 Å². The predicted octanol–water partition coefficient (Wildman–Crippen LogP) is 5.98. The molecule has 4 heteroatoms. The number of fused-ring (bicyclic) bond motifs is 1. The van der Waals surface area contributed by atoms with Crippen molar-refractivity contribution >= 4 is 28.7 Å². The van der Waals surface area contributed by atoms with Crippen LogP contribution in [0, 0.1) is 6.92 Å². The van der Waals surface area contributed by atoms with E-state index in [4.69, 9.17) is 11.6 Å². The number of pyridine rings is 1. The normalized spacial score (nSPS) is 19.0. The highest BCUT2D eigenvalue weighted by molar-refractivity contribution is 6.31. The van der Waals surface area contributed by atoms with E-state index in [1.165, 1.54) is 0 Å². The Hall–Kier alpha value is -3.17. The van der Waals surface area contributed by atoms with E-state index in [0.717, 1.165) is 27.9 Å². The van der Waals surface area contributed by atoms with Gasteiger partial charge in [0.05, 0.1) is 5.92 Å². The number of carbonyl (C=O) groups is 2. The zero-order chi connectivity index (χ0) is 20.8. The molecule has 30 heavy (non-hydrogen) atoms. The second-order valence-electron chi connectivity index (χ2n) is 7.87. The van der Waals surface area contributed by atoms with Crippen molar-refractivity contribution in [1.29, 1.82) is 0 Å². The third-order valence-corrected chi connectivity index (χ3v) is 6.43. The van der Waals surface area contributed by atoms with Crippen molar-refractivity contribution in [2.75, 3.05) is 0 Å². The smallest absolute Gasteiger partial charge is 0.157 e. The minimum Gasteiger partial charge on any atom is -0.320 e. The van der Waals surface area contributed by atoms with Crippen molar-refractivity contribution in [2.45, 2.75) is 25.2 Å². The monoisotopic (exact) mass is 413 g/mol. The Bertz CT molecular complexity index is 1290. The number of Topliss-reactive ketones (excluding diaryl/α,β-unsaturated/α-hetero) is 2. The molecule has 1 fully saturated rings. The number of hydrogen-bond donors (Lipinski definition) is 0. The van der Waals surface area contributed by atoms with E-state index in [2.05, 4.69) is 6.07 Å². The lowest BCUT2D eigenvalue weighted by molar-refractivity contribution is -0.124. The number of aryl methyl sites for hydroxylation is 1. The molecule has 0 bridgehead atoms. The third kappa shape index (κ3) is 2.98. The van der Waals surface area contributed by atoms with Crippen molar-refractivity contribution in [1.82, 2.24) is 4.40 Å². The second-order valence-corrected chi connectivity index (χ2v) is 8.28. The first-order chi connectivity index (χ1) is 14.5. The maximum absolute atomic E-state index is 13.6. The van der Waals surface area contributed by atoms with Crippen LogP contribution in [-0.4, -0.2) is 16.0 Å². The molecule has 3 nitrogen and oxygen atoms in total. The zero-order valence-electron chi connectivity index (χ0n) is 16.5. The first-order valence-corrected chi connectivity index (χ1v) is 10.4. The van der Waals surface area contributed by atoms with Gasteiger partial charge in [0.15, 0.2) is 5.78 Å². The van der Waals surface area contributed by atoms with Gasteiger partial charge in [-0.2, -0.15) is 0 Å². The quantitative estimate of drug-likeness (QED) is 0.387. The molecule has 0 unspecified atom stereocenters. The third-order valence-electron chi connectivity index (χ3n) is 6.02. The molecule has 0 spiro atoms. The second kappa shape index (κ2) is 7.26. The molecule has 148 valence electrons. The SMILES string of the molecule is Cc1ccc([C@@H]2C(=O)C[C@@H](c3c(-c4ccccc4)cc4ccccn34)C2=O)cc1Cl. The van der Waals surface area contributed by atoms with Crippen molar-refractivity contribution in [3.8, 4) is 11.1 Å². The van der Waals surface area contributed by atoms with Crippen molar-refractivity contribution in [2.24, 2.45) is 0 Å². The summed E-state index contributed by atoms with van der Waals surface area (Å²) in [5.74, 6) is -1.34. The summed E-state index contributed by atoms with van der Waals surface area (Å²) in [4.78, 5) is 26.6. The van der Waals surface area contributed by atoms with Crippen LogP contribution in [0.25, 0.3) is 16.6 Å². The average Bonchev–Trinajstić information content (AvgIpc) is 3.27. The van der Waals surface area contributed by atoms with Crippen molar-refractivity contribution in [3.05, 3.63) is 101 Å². The molecule has 1 aliphatic carbocycles. The number of aromatic nitrogens is 1. The van der Waals surface area contributed by atoms with E-state index in [-0.39, 0.29) is 18.0 Å². The number of carbonyl (C=O) groups excluding carboxylic acids is 2. The summed E-state index contributed by atoms with van der Waals surface area (Å²) in [6.07, 6.45) is 2.17. The van der Waals surface area contributed by atoms with Gasteiger partial charge in [-0.15, -0.1) is 0 Å². The van der Waals surface area contributed by atoms with Crippen molar-refractivity contribution < 1.29 is 9.59 Å². The minimum atomic E-state index is -0.758.